The van der Waals surface area contributed by atoms with E-state index in [0.29, 0.717) is 18.2 Å². The minimum Gasteiger partial charge on any atom is -0.380 e. The van der Waals surface area contributed by atoms with Crippen molar-refractivity contribution >= 4 is 11.5 Å². The second-order valence-electron chi connectivity index (χ2n) is 4.50. The van der Waals surface area contributed by atoms with Gasteiger partial charge >= 0.3 is 6.18 Å². The first kappa shape index (κ1) is 15.8. The number of alkyl halides is 3. The highest BCUT2D eigenvalue weighted by atomic mass is 19.4. The van der Waals surface area contributed by atoms with Gasteiger partial charge in [0.2, 0.25) is 0 Å². The summed E-state index contributed by atoms with van der Waals surface area (Å²) in [5, 5.41) is 2.87. The highest BCUT2D eigenvalue weighted by molar-refractivity contribution is 6.00. The molecule has 0 radical (unpaired) electrons. The number of carbonyl (C=O) groups excluding carboxylic acids is 1. The van der Waals surface area contributed by atoms with Gasteiger partial charge in [-0.15, -0.1) is 0 Å². The van der Waals surface area contributed by atoms with Crippen molar-refractivity contribution < 1.29 is 18.0 Å². The van der Waals surface area contributed by atoms with Gasteiger partial charge in [0, 0.05) is 36.3 Å². The highest BCUT2D eigenvalue weighted by Crippen LogP contribution is 2.20. The first-order valence-corrected chi connectivity index (χ1v) is 6.48. The van der Waals surface area contributed by atoms with Gasteiger partial charge in [0.15, 0.2) is 0 Å². The quantitative estimate of drug-likeness (QED) is 0.861. The van der Waals surface area contributed by atoms with Crippen molar-refractivity contribution in [2.24, 2.45) is 0 Å². The largest absolute Gasteiger partial charge is 0.454 e. The fourth-order valence-electron chi connectivity index (χ4n) is 1.77. The molecule has 3 nitrogen and oxygen atoms in total. The Morgan fingerprint density at radius 1 is 1.09 bits per heavy atom. The maximum Gasteiger partial charge on any atom is 0.454 e. The molecule has 0 bridgehead atoms. The third kappa shape index (κ3) is 4.44. The predicted molar refractivity (Wildman–Crippen MR) is 76.6 cm³/mol. The molecular weight excluding hydrogens is 293 g/mol. The number of allylic oxidation sites excluding steroid dienone is 1. The van der Waals surface area contributed by atoms with Gasteiger partial charge in [-0.3, -0.25) is 9.78 Å². The van der Waals surface area contributed by atoms with E-state index in [-0.39, 0.29) is 5.70 Å². The van der Waals surface area contributed by atoms with Gasteiger partial charge in [-0.2, -0.15) is 13.2 Å². The van der Waals surface area contributed by atoms with E-state index >= 15 is 0 Å². The van der Waals surface area contributed by atoms with Crippen LogP contribution in [0.3, 0.4) is 0 Å². The van der Waals surface area contributed by atoms with Crippen LogP contribution in [0.5, 0.6) is 0 Å². The number of hydrogen-bond donors (Lipinski definition) is 1. The molecule has 1 aromatic heterocycles. The Kier molecular flexibility index (Phi) is 4.93. The maximum absolute atomic E-state index is 12.5. The molecule has 0 aliphatic heterocycles. The summed E-state index contributed by atoms with van der Waals surface area (Å²) >= 11 is 0. The molecule has 2 rings (SSSR count). The molecule has 0 aliphatic carbocycles. The minimum atomic E-state index is -4.90. The molecule has 0 saturated heterocycles. The molecule has 0 atom stereocenters. The lowest BCUT2D eigenvalue weighted by Gasteiger charge is -2.12. The van der Waals surface area contributed by atoms with Crippen LogP contribution in [-0.2, 0) is 11.3 Å². The van der Waals surface area contributed by atoms with Crippen LogP contribution in [0.25, 0.3) is 5.70 Å². The summed E-state index contributed by atoms with van der Waals surface area (Å²) < 4.78 is 37.4. The summed E-state index contributed by atoms with van der Waals surface area (Å²) in [5.41, 5.74) is 1.46. The normalized spacial score (nSPS) is 12.0. The molecule has 0 unspecified atom stereocenters. The molecule has 0 fully saturated rings. The van der Waals surface area contributed by atoms with E-state index in [4.69, 9.17) is 0 Å². The summed E-state index contributed by atoms with van der Waals surface area (Å²) in [5.74, 6) is -1.90. The Hall–Kier alpha value is -2.63. The Labute approximate surface area is 125 Å². The Morgan fingerprint density at radius 3 is 2.32 bits per heavy atom. The summed E-state index contributed by atoms with van der Waals surface area (Å²) in [7, 11) is 0. The van der Waals surface area contributed by atoms with Gasteiger partial charge in [0.1, 0.15) is 0 Å². The number of nitrogens with one attached hydrogen (secondary N) is 1. The average Bonchev–Trinajstić information content (AvgIpc) is 2.52. The van der Waals surface area contributed by atoms with Crippen LogP contribution >= 0.6 is 0 Å². The first-order chi connectivity index (χ1) is 10.5. The van der Waals surface area contributed by atoms with E-state index in [1.165, 1.54) is 24.5 Å². The maximum atomic E-state index is 12.5. The van der Waals surface area contributed by atoms with Gasteiger partial charge < -0.3 is 5.32 Å². The zero-order valence-electron chi connectivity index (χ0n) is 11.5. The molecule has 1 N–H and O–H groups in total. The lowest BCUT2D eigenvalue weighted by molar-refractivity contribution is -0.165. The van der Waals surface area contributed by atoms with Crippen LogP contribution < -0.4 is 5.32 Å². The molecule has 114 valence electrons. The van der Waals surface area contributed by atoms with Gasteiger partial charge in [-0.25, -0.2) is 0 Å². The third-order valence-electron chi connectivity index (χ3n) is 2.87. The smallest absolute Gasteiger partial charge is 0.380 e. The molecule has 6 heteroatoms. The topological polar surface area (TPSA) is 42.0 Å². The Morgan fingerprint density at radius 2 is 1.73 bits per heavy atom. The van der Waals surface area contributed by atoms with Gasteiger partial charge in [-0.1, -0.05) is 30.3 Å². The molecule has 0 saturated carbocycles. The molecule has 1 aromatic carbocycles. The number of halogens is 3. The second kappa shape index (κ2) is 6.89. The fraction of sp³-hybridized carbons (Fsp3) is 0.125. The van der Waals surface area contributed by atoms with Crippen molar-refractivity contribution in [1.29, 1.82) is 0 Å². The van der Waals surface area contributed by atoms with Crippen molar-refractivity contribution in [2.75, 3.05) is 0 Å². The van der Waals surface area contributed by atoms with Crippen LogP contribution in [0.2, 0.25) is 0 Å². The summed E-state index contributed by atoms with van der Waals surface area (Å²) in [6, 6.07) is 12.2. The predicted octanol–water partition coefficient (Wildman–Crippen LogP) is 3.34. The van der Waals surface area contributed by atoms with Crippen LogP contribution in [0.1, 0.15) is 11.1 Å². The number of carbonyl (C=O) groups is 1. The zero-order chi connectivity index (χ0) is 16.0. The van der Waals surface area contributed by atoms with E-state index in [0.717, 1.165) is 5.56 Å². The SMILES string of the molecule is O=C(/C=C(\NCc1ccccc1)c1ccncc1)C(F)(F)F. The Balaban J connectivity index is 2.23. The number of benzene rings is 1. The summed E-state index contributed by atoms with van der Waals surface area (Å²) in [6.45, 7) is 0.306. The van der Waals surface area contributed by atoms with Gasteiger partial charge in [-0.05, 0) is 17.7 Å². The molecule has 2 aromatic rings. The lowest BCUT2D eigenvalue weighted by atomic mass is 10.1. The summed E-state index contributed by atoms with van der Waals surface area (Å²) in [6.07, 6.45) is -1.43. The fourth-order valence-corrected chi connectivity index (χ4v) is 1.77. The first-order valence-electron chi connectivity index (χ1n) is 6.48. The average molecular weight is 306 g/mol. The molecule has 1 heterocycles. The monoisotopic (exact) mass is 306 g/mol. The number of ketones is 1. The number of pyridine rings is 1. The summed E-state index contributed by atoms with van der Waals surface area (Å²) in [4.78, 5) is 15.0. The number of rotatable bonds is 5. The standard InChI is InChI=1S/C16H13F3N2O/c17-16(18,19)15(22)10-14(13-6-8-20-9-7-13)21-11-12-4-2-1-3-5-12/h1-10,21H,11H2/b14-10-. The third-order valence-corrected chi connectivity index (χ3v) is 2.87. The number of hydrogen-bond acceptors (Lipinski definition) is 3. The molecule has 0 amide bonds. The van der Waals surface area contributed by atoms with Gasteiger partial charge in [0.05, 0.1) is 0 Å². The van der Waals surface area contributed by atoms with E-state index in [2.05, 4.69) is 10.3 Å². The lowest BCUT2D eigenvalue weighted by Crippen LogP contribution is -2.22. The molecule has 0 aliphatic rings. The Bertz CT molecular complexity index is 652. The number of aromatic nitrogens is 1. The molecule has 22 heavy (non-hydrogen) atoms. The van der Waals surface area contributed by atoms with Crippen LogP contribution in [0, 0.1) is 0 Å². The van der Waals surface area contributed by atoms with Crippen molar-refractivity contribution in [3.8, 4) is 0 Å². The molecular formula is C16H13F3N2O. The second-order valence-corrected chi connectivity index (χ2v) is 4.50. The minimum absolute atomic E-state index is 0.105. The van der Waals surface area contributed by atoms with Crippen molar-refractivity contribution in [3.63, 3.8) is 0 Å². The van der Waals surface area contributed by atoms with E-state index < -0.39 is 12.0 Å². The number of nitrogens with zero attached hydrogens (tertiary/aromatic N) is 1. The highest BCUT2D eigenvalue weighted by Gasteiger charge is 2.36. The van der Waals surface area contributed by atoms with Crippen molar-refractivity contribution in [3.05, 3.63) is 72.1 Å². The van der Waals surface area contributed by atoms with E-state index in [1.807, 2.05) is 30.3 Å². The van der Waals surface area contributed by atoms with E-state index in [1.54, 1.807) is 0 Å². The van der Waals surface area contributed by atoms with E-state index in [9.17, 15) is 18.0 Å². The molecule has 0 spiro atoms. The van der Waals surface area contributed by atoms with Gasteiger partial charge in [0.25, 0.3) is 5.78 Å². The van der Waals surface area contributed by atoms with Crippen LogP contribution in [0.4, 0.5) is 13.2 Å². The van der Waals surface area contributed by atoms with Crippen molar-refractivity contribution in [1.82, 2.24) is 10.3 Å². The van der Waals surface area contributed by atoms with Crippen molar-refractivity contribution in [2.45, 2.75) is 12.7 Å². The van der Waals surface area contributed by atoms with Crippen LogP contribution in [-0.4, -0.2) is 16.9 Å². The van der Waals surface area contributed by atoms with Crippen LogP contribution in [0.15, 0.2) is 60.9 Å². The zero-order valence-corrected chi connectivity index (χ0v) is 11.5.